The van der Waals surface area contributed by atoms with Gasteiger partial charge in [0.1, 0.15) is 18.1 Å². The smallest absolute Gasteiger partial charge is 0.326 e. The molecule has 0 spiro atoms. The van der Waals surface area contributed by atoms with Crippen LogP contribution in [0, 0.1) is 0 Å². The molecule has 0 saturated carbocycles. The predicted molar refractivity (Wildman–Crippen MR) is 104 cm³/mol. The first-order valence-electron chi connectivity index (χ1n) is 9.54. The van der Waals surface area contributed by atoms with E-state index < -0.39 is 78.6 Å². The second kappa shape index (κ2) is 11.8. The maximum atomic E-state index is 12.6. The van der Waals surface area contributed by atoms with Gasteiger partial charge in [-0.3, -0.25) is 24.0 Å². The lowest BCUT2D eigenvalue weighted by molar-refractivity contribution is -0.144. The largest absolute Gasteiger partial charge is 0.480 e. The van der Waals surface area contributed by atoms with Gasteiger partial charge in [-0.2, -0.15) is 0 Å². The summed E-state index contributed by atoms with van der Waals surface area (Å²) >= 11 is 0. The zero-order valence-electron chi connectivity index (χ0n) is 16.9. The van der Waals surface area contributed by atoms with E-state index in [9.17, 15) is 33.9 Å². The van der Waals surface area contributed by atoms with Crippen molar-refractivity contribution in [2.45, 2.75) is 62.9 Å². The number of hydrogen-bond acceptors (Lipinski definition) is 8. The average Bonchev–Trinajstić information content (AvgIpc) is 3.18. The minimum atomic E-state index is -1.68. The Kier molecular flexibility index (Phi) is 9.82. The van der Waals surface area contributed by atoms with E-state index in [0.29, 0.717) is 13.0 Å². The highest BCUT2D eigenvalue weighted by atomic mass is 16.4. The van der Waals surface area contributed by atoms with E-state index in [4.69, 9.17) is 16.6 Å². The molecule has 1 heterocycles. The molecule has 0 aromatic carbocycles. The Balaban J connectivity index is 2.90. The molecule has 0 aromatic heterocycles. The van der Waals surface area contributed by atoms with E-state index in [2.05, 4.69) is 16.0 Å². The molecule has 31 heavy (non-hydrogen) atoms. The molecule has 14 heteroatoms. The summed E-state index contributed by atoms with van der Waals surface area (Å²) in [6.45, 7) is 1.77. The molecular formula is C17H28N6O8. The Morgan fingerprint density at radius 2 is 1.55 bits per heavy atom. The SMILES string of the molecule is CC(O)C(NC(=O)C(CC(N)=O)NC(=O)C1CCCN1)C(=O)NC(CC(N)=O)C(=O)O. The number of hydrogen-bond donors (Lipinski definition) is 8. The van der Waals surface area contributed by atoms with Gasteiger partial charge in [0, 0.05) is 0 Å². The highest BCUT2D eigenvalue weighted by molar-refractivity contribution is 5.96. The number of carbonyl (C=O) groups excluding carboxylic acids is 5. The van der Waals surface area contributed by atoms with Crippen LogP contribution in [0.4, 0.5) is 0 Å². The molecule has 5 unspecified atom stereocenters. The summed E-state index contributed by atoms with van der Waals surface area (Å²) in [6, 6.07) is -5.32. The van der Waals surface area contributed by atoms with Crippen LogP contribution in [0.2, 0.25) is 0 Å². The number of rotatable bonds is 12. The molecule has 0 bridgehead atoms. The van der Waals surface area contributed by atoms with Crippen molar-refractivity contribution in [3.63, 3.8) is 0 Å². The van der Waals surface area contributed by atoms with Crippen molar-refractivity contribution in [1.82, 2.24) is 21.3 Å². The van der Waals surface area contributed by atoms with Crippen LogP contribution in [0.3, 0.4) is 0 Å². The van der Waals surface area contributed by atoms with Crippen molar-refractivity contribution in [3.8, 4) is 0 Å². The molecule has 0 aliphatic carbocycles. The fraction of sp³-hybridized carbons (Fsp3) is 0.647. The number of primary amides is 2. The molecule has 14 nitrogen and oxygen atoms in total. The molecule has 1 aliphatic heterocycles. The van der Waals surface area contributed by atoms with E-state index in [0.717, 1.165) is 13.3 Å². The summed E-state index contributed by atoms with van der Waals surface area (Å²) in [4.78, 5) is 70.8. The van der Waals surface area contributed by atoms with Crippen molar-refractivity contribution in [1.29, 1.82) is 0 Å². The monoisotopic (exact) mass is 444 g/mol. The molecular weight excluding hydrogens is 416 g/mol. The Labute approximate surface area is 177 Å². The normalized spacial score (nSPS) is 19.4. The topological polar surface area (TPSA) is 243 Å². The number of nitrogens with one attached hydrogen (secondary N) is 4. The van der Waals surface area contributed by atoms with Gasteiger partial charge < -0.3 is 42.9 Å². The highest BCUT2D eigenvalue weighted by Crippen LogP contribution is 2.06. The van der Waals surface area contributed by atoms with Gasteiger partial charge in [0.2, 0.25) is 29.5 Å². The molecule has 1 rings (SSSR count). The maximum Gasteiger partial charge on any atom is 0.326 e. The second-order valence-electron chi connectivity index (χ2n) is 7.18. The van der Waals surface area contributed by atoms with Crippen molar-refractivity contribution in [2.24, 2.45) is 11.5 Å². The van der Waals surface area contributed by atoms with Gasteiger partial charge in [0.25, 0.3) is 0 Å². The first-order valence-corrected chi connectivity index (χ1v) is 9.54. The summed E-state index contributed by atoms with van der Waals surface area (Å²) in [5.41, 5.74) is 10.1. The van der Waals surface area contributed by atoms with Crippen LogP contribution >= 0.6 is 0 Å². The van der Waals surface area contributed by atoms with E-state index in [1.54, 1.807) is 0 Å². The lowest BCUT2D eigenvalue weighted by atomic mass is 10.1. The predicted octanol–water partition coefficient (Wildman–Crippen LogP) is -4.59. The summed E-state index contributed by atoms with van der Waals surface area (Å²) in [5.74, 6) is -6.08. The molecule has 0 radical (unpaired) electrons. The Morgan fingerprint density at radius 1 is 0.968 bits per heavy atom. The number of aliphatic carboxylic acids is 1. The third kappa shape index (κ3) is 8.55. The van der Waals surface area contributed by atoms with Crippen LogP contribution in [-0.2, 0) is 28.8 Å². The van der Waals surface area contributed by atoms with Crippen LogP contribution < -0.4 is 32.7 Å². The number of carbonyl (C=O) groups is 6. The summed E-state index contributed by atoms with van der Waals surface area (Å²) in [7, 11) is 0. The fourth-order valence-electron chi connectivity index (χ4n) is 2.91. The van der Waals surface area contributed by atoms with Gasteiger partial charge in [-0.25, -0.2) is 4.79 Å². The summed E-state index contributed by atoms with van der Waals surface area (Å²) < 4.78 is 0. The number of nitrogens with two attached hydrogens (primary N) is 2. The third-order valence-corrected chi connectivity index (χ3v) is 4.50. The van der Waals surface area contributed by atoms with Crippen LogP contribution in [0.5, 0.6) is 0 Å². The van der Waals surface area contributed by atoms with Gasteiger partial charge in [-0.15, -0.1) is 0 Å². The Hall–Kier alpha value is -3.26. The quantitative estimate of drug-likeness (QED) is 0.144. The van der Waals surface area contributed by atoms with Crippen molar-refractivity contribution < 1.29 is 39.0 Å². The lowest BCUT2D eigenvalue weighted by Crippen LogP contribution is -2.60. The zero-order valence-corrected chi connectivity index (χ0v) is 16.9. The van der Waals surface area contributed by atoms with E-state index in [-0.39, 0.29) is 0 Å². The van der Waals surface area contributed by atoms with Crippen LogP contribution in [0.15, 0.2) is 0 Å². The van der Waals surface area contributed by atoms with Gasteiger partial charge in [0.15, 0.2) is 0 Å². The van der Waals surface area contributed by atoms with Crippen molar-refractivity contribution in [3.05, 3.63) is 0 Å². The van der Waals surface area contributed by atoms with Gasteiger partial charge in [-0.1, -0.05) is 0 Å². The number of aliphatic hydroxyl groups is 1. The van der Waals surface area contributed by atoms with Gasteiger partial charge >= 0.3 is 5.97 Å². The third-order valence-electron chi connectivity index (χ3n) is 4.50. The number of amides is 5. The summed E-state index contributed by atoms with van der Waals surface area (Å²) in [6.07, 6.45) is -1.49. The minimum absolute atomic E-state index is 0.534. The molecule has 1 aliphatic rings. The second-order valence-corrected chi connectivity index (χ2v) is 7.18. The first-order chi connectivity index (χ1) is 14.4. The zero-order chi connectivity index (χ0) is 23.7. The maximum absolute atomic E-state index is 12.6. The average molecular weight is 444 g/mol. The molecule has 1 fully saturated rings. The fourth-order valence-corrected chi connectivity index (χ4v) is 2.91. The summed E-state index contributed by atoms with van der Waals surface area (Å²) in [5, 5.41) is 28.4. The van der Waals surface area contributed by atoms with Crippen LogP contribution in [0.25, 0.3) is 0 Å². The van der Waals surface area contributed by atoms with Crippen molar-refractivity contribution >= 4 is 35.5 Å². The van der Waals surface area contributed by atoms with Gasteiger partial charge in [-0.05, 0) is 26.3 Å². The molecule has 5 atom stereocenters. The van der Waals surface area contributed by atoms with E-state index in [1.807, 2.05) is 5.32 Å². The van der Waals surface area contributed by atoms with E-state index >= 15 is 0 Å². The first kappa shape index (κ1) is 25.8. The number of carboxylic acid groups (broad SMARTS) is 1. The van der Waals surface area contributed by atoms with Crippen molar-refractivity contribution in [2.75, 3.05) is 6.54 Å². The Bertz CT molecular complexity index is 721. The van der Waals surface area contributed by atoms with Crippen LogP contribution in [0.1, 0.15) is 32.6 Å². The van der Waals surface area contributed by atoms with Gasteiger partial charge in [0.05, 0.1) is 25.0 Å². The highest BCUT2D eigenvalue weighted by Gasteiger charge is 2.34. The molecule has 0 aromatic rings. The minimum Gasteiger partial charge on any atom is -0.480 e. The van der Waals surface area contributed by atoms with Crippen LogP contribution in [-0.4, -0.2) is 82.5 Å². The molecule has 10 N–H and O–H groups in total. The number of carboxylic acids is 1. The Morgan fingerprint density at radius 3 is 2.00 bits per heavy atom. The molecule has 5 amide bonds. The lowest BCUT2D eigenvalue weighted by Gasteiger charge is -2.26. The molecule has 1 saturated heterocycles. The van der Waals surface area contributed by atoms with E-state index in [1.165, 1.54) is 0 Å². The molecule has 174 valence electrons. The standard InChI is InChI=1S/C17H28N6O8/c1-7(24)13(16(29)22-10(17(30)31)6-12(19)26)23-15(28)9(5-11(18)25)21-14(27)8-3-2-4-20-8/h7-10,13,20,24H,2-6H2,1H3,(H2,18,25)(H2,19,26)(H,21,27)(H,22,29)(H,23,28)(H,30,31). The number of aliphatic hydroxyl groups excluding tert-OH is 1.